The summed E-state index contributed by atoms with van der Waals surface area (Å²) in [6.45, 7) is 4.07. The van der Waals surface area contributed by atoms with Crippen molar-refractivity contribution in [1.82, 2.24) is 20.6 Å². The van der Waals surface area contributed by atoms with Crippen LogP contribution < -0.4 is 20.4 Å². The van der Waals surface area contributed by atoms with Crippen molar-refractivity contribution in [3.63, 3.8) is 0 Å². The fourth-order valence-corrected chi connectivity index (χ4v) is 3.61. The molecule has 29 heavy (non-hydrogen) atoms. The first-order valence-electron chi connectivity index (χ1n) is 9.67. The fraction of sp³-hybridized carbons (Fsp3) is 0.381. The van der Waals surface area contributed by atoms with E-state index in [-0.39, 0.29) is 0 Å². The van der Waals surface area contributed by atoms with Gasteiger partial charge in [-0.05, 0) is 24.6 Å². The zero-order chi connectivity index (χ0) is 20.8. The number of hydrogen-bond donors (Lipinski definition) is 2. The summed E-state index contributed by atoms with van der Waals surface area (Å²) in [7, 11) is 8.02. The summed E-state index contributed by atoms with van der Waals surface area (Å²) < 4.78 is 0. The normalized spacial score (nSPS) is 11.6. The minimum Gasteiger partial charge on any atom is -0.363 e. The molecule has 2 N–H and O–H groups in total. The number of rotatable bonds is 7. The number of aromatic nitrogens is 2. The zero-order valence-corrected chi connectivity index (χ0v) is 18.5. The van der Waals surface area contributed by atoms with Gasteiger partial charge in [-0.2, -0.15) is 0 Å². The third kappa shape index (κ3) is 5.35. The van der Waals surface area contributed by atoms with Gasteiger partial charge in [0.1, 0.15) is 5.82 Å². The highest BCUT2D eigenvalue weighted by Gasteiger charge is 2.08. The molecule has 2 heterocycles. The first-order chi connectivity index (χ1) is 14.0. The van der Waals surface area contributed by atoms with E-state index >= 15 is 0 Å². The third-order valence-corrected chi connectivity index (χ3v) is 5.41. The molecule has 154 valence electrons. The molecule has 0 aliphatic carbocycles. The van der Waals surface area contributed by atoms with Crippen LogP contribution in [0.2, 0.25) is 0 Å². The SMILES string of the molecule is CCNC(=NCc1cc(N(C)C)nc2ccccc12)NCc1csc(N(C)C)n1. The Bertz CT molecular complexity index is 978. The van der Waals surface area contributed by atoms with Crippen molar-refractivity contribution in [1.29, 1.82) is 0 Å². The molecule has 8 heteroatoms. The number of pyridine rings is 1. The zero-order valence-electron chi connectivity index (χ0n) is 17.7. The molecular formula is C21H29N7S. The molecule has 1 aromatic carbocycles. The van der Waals surface area contributed by atoms with E-state index in [4.69, 9.17) is 9.98 Å². The lowest BCUT2D eigenvalue weighted by Gasteiger charge is -2.15. The van der Waals surface area contributed by atoms with Gasteiger partial charge in [0.2, 0.25) is 0 Å². The molecule has 0 aliphatic rings. The summed E-state index contributed by atoms with van der Waals surface area (Å²) in [5, 5.41) is 10.9. The first kappa shape index (κ1) is 20.9. The number of nitrogens with zero attached hydrogens (tertiary/aromatic N) is 5. The molecule has 0 spiro atoms. The molecule has 3 aromatic rings. The standard InChI is InChI=1S/C21H29N7S/c1-6-22-20(24-13-16-14-29-21(25-16)28(4)5)23-12-15-11-19(27(2)3)26-18-10-8-7-9-17(15)18/h7-11,14H,6,12-13H2,1-5H3,(H2,22,23,24). The Hall–Kier alpha value is -2.87. The second kappa shape index (κ2) is 9.56. The number of thiazole rings is 1. The minimum atomic E-state index is 0.569. The third-order valence-electron chi connectivity index (χ3n) is 4.36. The van der Waals surface area contributed by atoms with Gasteiger partial charge in [0.15, 0.2) is 11.1 Å². The van der Waals surface area contributed by atoms with Crippen LogP contribution in [0.5, 0.6) is 0 Å². The van der Waals surface area contributed by atoms with Crippen LogP contribution >= 0.6 is 11.3 Å². The van der Waals surface area contributed by atoms with E-state index < -0.39 is 0 Å². The van der Waals surface area contributed by atoms with Gasteiger partial charge in [-0.25, -0.2) is 15.0 Å². The van der Waals surface area contributed by atoms with E-state index in [2.05, 4.69) is 40.1 Å². The number of para-hydroxylation sites is 1. The van der Waals surface area contributed by atoms with Crippen molar-refractivity contribution >= 4 is 39.1 Å². The van der Waals surface area contributed by atoms with E-state index in [9.17, 15) is 0 Å². The van der Waals surface area contributed by atoms with E-state index in [1.54, 1.807) is 11.3 Å². The van der Waals surface area contributed by atoms with Crippen LogP contribution in [0.4, 0.5) is 10.9 Å². The summed E-state index contributed by atoms with van der Waals surface area (Å²) in [5.74, 6) is 1.71. The Balaban J connectivity index is 1.79. The second-order valence-corrected chi connectivity index (χ2v) is 7.95. The highest BCUT2D eigenvalue weighted by molar-refractivity contribution is 7.13. The monoisotopic (exact) mass is 411 g/mol. The molecule has 3 rings (SSSR count). The number of aliphatic imine (C=N–C) groups is 1. The van der Waals surface area contributed by atoms with Crippen LogP contribution in [-0.2, 0) is 13.1 Å². The number of nitrogens with one attached hydrogen (secondary N) is 2. The lowest BCUT2D eigenvalue weighted by Crippen LogP contribution is -2.36. The Morgan fingerprint density at radius 1 is 1.07 bits per heavy atom. The van der Waals surface area contributed by atoms with Crippen molar-refractivity contribution in [2.75, 3.05) is 44.5 Å². The number of hydrogen-bond acceptors (Lipinski definition) is 6. The average molecular weight is 412 g/mol. The van der Waals surface area contributed by atoms with E-state index in [0.29, 0.717) is 13.1 Å². The summed E-state index contributed by atoms with van der Waals surface area (Å²) in [6, 6.07) is 10.3. The molecule has 7 nitrogen and oxygen atoms in total. The van der Waals surface area contributed by atoms with Crippen molar-refractivity contribution < 1.29 is 0 Å². The summed E-state index contributed by atoms with van der Waals surface area (Å²) >= 11 is 1.64. The van der Waals surface area contributed by atoms with Gasteiger partial charge in [0, 0.05) is 45.5 Å². The molecule has 0 atom stereocenters. The van der Waals surface area contributed by atoms with Crippen LogP contribution in [0.1, 0.15) is 18.2 Å². The predicted octanol–water partition coefficient (Wildman–Crippen LogP) is 3.08. The number of anilines is 2. The maximum atomic E-state index is 4.80. The maximum absolute atomic E-state index is 4.80. The molecule has 0 unspecified atom stereocenters. The lowest BCUT2D eigenvalue weighted by atomic mass is 10.1. The van der Waals surface area contributed by atoms with Crippen LogP contribution in [0.25, 0.3) is 10.9 Å². The van der Waals surface area contributed by atoms with Crippen molar-refractivity contribution in [2.24, 2.45) is 4.99 Å². The highest BCUT2D eigenvalue weighted by atomic mass is 32.1. The Morgan fingerprint density at radius 3 is 2.55 bits per heavy atom. The minimum absolute atomic E-state index is 0.569. The van der Waals surface area contributed by atoms with Crippen molar-refractivity contribution in [3.8, 4) is 0 Å². The molecule has 0 radical (unpaired) electrons. The van der Waals surface area contributed by atoms with Gasteiger partial charge in [-0.15, -0.1) is 11.3 Å². The van der Waals surface area contributed by atoms with Crippen LogP contribution in [0.15, 0.2) is 40.7 Å². The topological polar surface area (TPSA) is 68.7 Å². The van der Waals surface area contributed by atoms with Gasteiger partial charge in [0.05, 0.1) is 24.3 Å². The number of guanidine groups is 1. The quantitative estimate of drug-likeness (QED) is 0.460. The molecular weight excluding hydrogens is 382 g/mol. The van der Waals surface area contributed by atoms with Gasteiger partial charge in [-0.3, -0.25) is 0 Å². The summed E-state index contributed by atoms with van der Waals surface area (Å²) in [4.78, 5) is 18.2. The van der Waals surface area contributed by atoms with Crippen molar-refractivity contribution in [2.45, 2.75) is 20.0 Å². The molecule has 0 bridgehead atoms. The fourth-order valence-electron chi connectivity index (χ4n) is 2.86. The highest BCUT2D eigenvalue weighted by Crippen LogP contribution is 2.23. The summed E-state index contributed by atoms with van der Waals surface area (Å²) in [5.41, 5.74) is 3.15. The van der Waals surface area contributed by atoms with Crippen LogP contribution in [0.3, 0.4) is 0 Å². The van der Waals surface area contributed by atoms with E-state index in [0.717, 1.165) is 45.6 Å². The average Bonchev–Trinajstić information content (AvgIpc) is 3.19. The molecule has 0 amide bonds. The Morgan fingerprint density at radius 2 is 1.86 bits per heavy atom. The maximum Gasteiger partial charge on any atom is 0.191 e. The molecule has 0 saturated carbocycles. The second-order valence-electron chi connectivity index (χ2n) is 7.12. The summed E-state index contributed by atoms with van der Waals surface area (Å²) in [6.07, 6.45) is 0. The smallest absolute Gasteiger partial charge is 0.191 e. The number of benzene rings is 1. The lowest BCUT2D eigenvalue weighted by molar-refractivity contribution is 0.803. The van der Waals surface area contributed by atoms with Crippen molar-refractivity contribution in [3.05, 3.63) is 47.0 Å². The first-order valence-corrected chi connectivity index (χ1v) is 10.6. The van der Waals surface area contributed by atoms with Crippen LogP contribution in [0, 0.1) is 0 Å². The largest absolute Gasteiger partial charge is 0.363 e. The van der Waals surface area contributed by atoms with Gasteiger partial charge >= 0.3 is 0 Å². The van der Waals surface area contributed by atoms with Gasteiger partial charge < -0.3 is 20.4 Å². The van der Waals surface area contributed by atoms with Crippen LogP contribution in [-0.4, -0.2) is 50.7 Å². The number of fused-ring (bicyclic) bond motifs is 1. The van der Waals surface area contributed by atoms with E-state index in [1.807, 2.05) is 56.2 Å². The van der Waals surface area contributed by atoms with E-state index in [1.165, 1.54) is 0 Å². The Labute approximate surface area is 176 Å². The van der Waals surface area contributed by atoms with Gasteiger partial charge in [-0.1, -0.05) is 18.2 Å². The Kier molecular flexibility index (Phi) is 6.87. The molecule has 0 fully saturated rings. The predicted molar refractivity (Wildman–Crippen MR) is 124 cm³/mol. The van der Waals surface area contributed by atoms with Gasteiger partial charge in [0.25, 0.3) is 0 Å². The molecule has 0 aliphatic heterocycles. The molecule has 0 saturated heterocycles. The molecule has 2 aromatic heterocycles.